The van der Waals surface area contributed by atoms with Gasteiger partial charge >= 0.3 is 0 Å². The number of ketones is 2. The Labute approximate surface area is 134 Å². The third kappa shape index (κ3) is 5.15. The molecule has 0 saturated heterocycles. The van der Waals surface area contributed by atoms with Gasteiger partial charge in [-0.3, -0.25) is 9.59 Å². The van der Waals surface area contributed by atoms with E-state index in [2.05, 4.69) is 15.3 Å². The maximum atomic E-state index is 11.5. The summed E-state index contributed by atoms with van der Waals surface area (Å²) in [5, 5.41) is 10.0. The van der Waals surface area contributed by atoms with Crippen LogP contribution in [-0.2, 0) is 0 Å². The Kier molecular flexibility index (Phi) is 6.35. The lowest BCUT2D eigenvalue weighted by Gasteiger charge is -2.10. The second kappa shape index (κ2) is 8.00. The maximum absolute atomic E-state index is 11.5. The lowest BCUT2D eigenvalue weighted by molar-refractivity contribution is 0.101. The first-order chi connectivity index (χ1) is 10.8. The monoisotopic (exact) mass is 316 g/mol. The molecule has 0 aliphatic carbocycles. The first-order valence-electron chi connectivity index (χ1n) is 6.85. The minimum atomic E-state index is -0.112. The van der Waals surface area contributed by atoms with Gasteiger partial charge in [-0.1, -0.05) is 0 Å². The van der Waals surface area contributed by atoms with E-state index in [-0.39, 0.29) is 17.5 Å². The van der Waals surface area contributed by atoms with Crippen molar-refractivity contribution in [2.24, 2.45) is 0 Å². The number of nitrogen functional groups attached to an aromatic ring is 1. The lowest BCUT2D eigenvalue weighted by Crippen LogP contribution is -2.04. The van der Waals surface area contributed by atoms with Crippen molar-refractivity contribution in [2.45, 2.75) is 20.8 Å². The van der Waals surface area contributed by atoms with Crippen LogP contribution in [0.4, 0.5) is 17.5 Å². The molecule has 0 aliphatic rings. The third-order valence-corrected chi connectivity index (χ3v) is 2.89. The summed E-state index contributed by atoms with van der Waals surface area (Å²) in [6.07, 6.45) is 0. The SMILES string of the molecule is CC(=O)c1cc(Nc2cc(C)nc(N)n2)cc(C(C)=O)c1.CO. The average Bonchev–Trinajstić information content (AvgIpc) is 2.47. The van der Waals surface area contributed by atoms with E-state index in [0.29, 0.717) is 22.6 Å². The highest BCUT2D eigenvalue weighted by atomic mass is 16.2. The van der Waals surface area contributed by atoms with E-state index in [4.69, 9.17) is 10.8 Å². The van der Waals surface area contributed by atoms with Crippen molar-refractivity contribution in [1.29, 1.82) is 0 Å². The van der Waals surface area contributed by atoms with Crippen LogP contribution in [0.25, 0.3) is 0 Å². The molecule has 2 rings (SSSR count). The van der Waals surface area contributed by atoms with Crippen molar-refractivity contribution >= 4 is 29.0 Å². The van der Waals surface area contributed by atoms with Crippen molar-refractivity contribution in [3.05, 3.63) is 41.1 Å². The van der Waals surface area contributed by atoms with E-state index in [9.17, 15) is 9.59 Å². The van der Waals surface area contributed by atoms with Crippen LogP contribution < -0.4 is 11.1 Å². The fourth-order valence-electron chi connectivity index (χ4n) is 1.91. The number of aromatic nitrogens is 2. The molecule has 0 aliphatic heterocycles. The number of hydrogen-bond acceptors (Lipinski definition) is 7. The van der Waals surface area contributed by atoms with Gasteiger partial charge in [-0.25, -0.2) is 4.98 Å². The summed E-state index contributed by atoms with van der Waals surface area (Å²) < 4.78 is 0. The van der Waals surface area contributed by atoms with Crippen molar-refractivity contribution in [3.8, 4) is 0 Å². The lowest BCUT2D eigenvalue weighted by atomic mass is 10.0. The Morgan fingerprint density at radius 3 is 1.96 bits per heavy atom. The van der Waals surface area contributed by atoms with E-state index >= 15 is 0 Å². The van der Waals surface area contributed by atoms with Crippen LogP contribution in [0.1, 0.15) is 40.3 Å². The van der Waals surface area contributed by atoms with Crippen LogP contribution in [0.3, 0.4) is 0 Å². The largest absolute Gasteiger partial charge is 0.400 e. The van der Waals surface area contributed by atoms with Gasteiger partial charge < -0.3 is 16.2 Å². The third-order valence-electron chi connectivity index (χ3n) is 2.89. The van der Waals surface area contributed by atoms with Crippen LogP contribution in [-0.4, -0.2) is 33.8 Å². The van der Waals surface area contributed by atoms with Gasteiger partial charge in [0.05, 0.1) is 0 Å². The first-order valence-corrected chi connectivity index (χ1v) is 6.85. The van der Waals surface area contributed by atoms with Gasteiger partial charge in [-0.05, 0) is 39.0 Å². The van der Waals surface area contributed by atoms with Gasteiger partial charge in [-0.2, -0.15) is 4.98 Å². The van der Waals surface area contributed by atoms with Crippen molar-refractivity contribution in [2.75, 3.05) is 18.2 Å². The minimum Gasteiger partial charge on any atom is -0.400 e. The van der Waals surface area contributed by atoms with Gasteiger partial charge in [0.25, 0.3) is 0 Å². The number of Topliss-reactive ketones (excluding diaryl/α,β-unsaturated/α-hetero) is 2. The van der Waals surface area contributed by atoms with Gasteiger partial charge in [0.15, 0.2) is 11.6 Å². The Morgan fingerprint density at radius 1 is 1.00 bits per heavy atom. The van der Waals surface area contributed by atoms with E-state index < -0.39 is 0 Å². The van der Waals surface area contributed by atoms with E-state index in [0.717, 1.165) is 12.8 Å². The number of carbonyl (C=O) groups excluding carboxylic acids is 2. The van der Waals surface area contributed by atoms with Crippen molar-refractivity contribution in [1.82, 2.24) is 9.97 Å². The molecule has 0 radical (unpaired) electrons. The van der Waals surface area contributed by atoms with Crippen LogP contribution in [0, 0.1) is 6.92 Å². The molecule has 1 aromatic heterocycles. The molecule has 2 aromatic rings. The second-order valence-corrected chi connectivity index (χ2v) is 4.79. The molecule has 7 heteroatoms. The van der Waals surface area contributed by atoms with E-state index in [1.165, 1.54) is 13.8 Å². The number of benzene rings is 1. The van der Waals surface area contributed by atoms with Gasteiger partial charge in [0, 0.05) is 35.7 Å². The molecule has 1 aromatic carbocycles. The molecule has 0 amide bonds. The number of nitrogens with zero attached hydrogens (tertiary/aromatic N) is 2. The van der Waals surface area contributed by atoms with Crippen molar-refractivity contribution in [3.63, 3.8) is 0 Å². The first kappa shape index (κ1) is 18.2. The Morgan fingerprint density at radius 2 is 1.52 bits per heavy atom. The predicted octanol–water partition coefficient (Wildman–Crippen LogP) is 2.12. The highest BCUT2D eigenvalue weighted by Crippen LogP contribution is 2.20. The van der Waals surface area contributed by atoms with E-state index in [1.54, 1.807) is 31.2 Å². The van der Waals surface area contributed by atoms with E-state index in [1.807, 2.05) is 0 Å². The summed E-state index contributed by atoms with van der Waals surface area (Å²) in [7, 11) is 1.00. The summed E-state index contributed by atoms with van der Waals surface area (Å²) in [4.78, 5) is 31.1. The zero-order chi connectivity index (χ0) is 17.6. The predicted molar refractivity (Wildman–Crippen MR) is 89.1 cm³/mol. The molecule has 0 fully saturated rings. The van der Waals surface area contributed by atoms with Gasteiger partial charge in [-0.15, -0.1) is 0 Å². The van der Waals surface area contributed by atoms with Crippen molar-refractivity contribution < 1.29 is 14.7 Å². The molecule has 7 nitrogen and oxygen atoms in total. The van der Waals surface area contributed by atoms with Gasteiger partial charge in [0.2, 0.25) is 5.95 Å². The number of hydrogen-bond donors (Lipinski definition) is 3. The normalized spacial score (nSPS) is 9.61. The molecule has 0 saturated carbocycles. The van der Waals surface area contributed by atoms with Crippen LogP contribution in [0.2, 0.25) is 0 Å². The number of aliphatic hydroxyl groups excluding tert-OH is 1. The molecule has 0 bridgehead atoms. The number of nitrogens with two attached hydrogens (primary N) is 1. The second-order valence-electron chi connectivity index (χ2n) is 4.79. The highest BCUT2D eigenvalue weighted by Gasteiger charge is 2.09. The zero-order valence-electron chi connectivity index (χ0n) is 13.5. The average molecular weight is 316 g/mol. The molecular weight excluding hydrogens is 296 g/mol. The fraction of sp³-hybridized carbons (Fsp3) is 0.250. The molecule has 23 heavy (non-hydrogen) atoms. The van der Waals surface area contributed by atoms with Gasteiger partial charge in [0.1, 0.15) is 5.82 Å². The summed E-state index contributed by atoms with van der Waals surface area (Å²) in [6, 6.07) is 6.64. The highest BCUT2D eigenvalue weighted by molar-refractivity contribution is 6.01. The topological polar surface area (TPSA) is 118 Å². The summed E-state index contributed by atoms with van der Waals surface area (Å²) in [6.45, 7) is 4.71. The van der Waals surface area contributed by atoms with Crippen LogP contribution >= 0.6 is 0 Å². The molecule has 1 heterocycles. The number of aryl methyl sites for hydroxylation is 1. The number of carbonyl (C=O) groups is 2. The smallest absolute Gasteiger partial charge is 0.222 e. The molecule has 4 N–H and O–H groups in total. The van der Waals surface area contributed by atoms with Crippen LogP contribution in [0.5, 0.6) is 0 Å². The molecule has 0 unspecified atom stereocenters. The molecular formula is C16H20N4O3. The Hall–Kier alpha value is -2.80. The molecule has 0 atom stereocenters. The summed E-state index contributed by atoms with van der Waals surface area (Å²) in [5.41, 5.74) is 7.85. The Balaban J connectivity index is 0.00000127. The zero-order valence-corrected chi connectivity index (χ0v) is 13.5. The minimum absolute atomic E-state index is 0.112. The number of anilines is 3. The van der Waals surface area contributed by atoms with Crippen LogP contribution in [0.15, 0.2) is 24.3 Å². The number of aliphatic hydroxyl groups is 1. The molecule has 0 spiro atoms. The quantitative estimate of drug-likeness (QED) is 0.739. The number of rotatable bonds is 4. The maximum Gasteiger partial charge on any atom is 0.222 e. The number of nitrogens with one attached hydrogen (secondary N) is 1. The summed E-state index contributed by atoms with van der Waals surface area (Å²) in [5.74, 6) is 0.446. The fourth-order valence-corrected chi connectivity index (χ4v) is 1.91. The Bertz CT molecular complexity index is 677. The standard InChI is InChI=1S/C15H16N4O2.CH4O/c1-8-4-14(19-15(16)17-8)18-13-6-11(9(2)20)5-12(7-13)10(3)21;1-2/h4-7H,1-3H3,(H3,16,17,18,19);2H,1H3. The summed E-state index contributed by atoms with van der Waals surface area (Å²) >= 11 is 0. The molecule has 122 valence electrons.